The molecule has 0 unspecified atom stereocenters. The second kappa shape index (κ2) is 5.96. The summed E-state index contributed by atoms with van der Waals surface area (Å²) in [5, 5.41) is 2.73. The van der Waals surface area contributed by atoms with Crippen LogP contribution < -0.4 is 18.9 Å². The van der Waals surface area contributed by atoms with Crippen molar-refractivity contribution < 1.29 is 18.9 Å². The van der Waals surface area contributed by atoms with E-state index < -0.39 is 0 Å². The summed E-state index contributed by atoms with van der Waals surface area (Å²) in [7, 11) is 0. The standard InChI is InChI=1S/C19H19.Li/c1-4-15-11-16-6-5-7-18(19(16)12-15)17-9-13(2)8-14(3)10-17;/h5-12H,4H2,1-3H3;/q-1;+1. The van der Waals surface area contributed by atoms with Crippen LogP contribution in [-0.2, 0) is 6.42 Å². The number of hydrogen-bond acceptors (Lipinski definition) is 0. The van der Waals surface area contributed by atoms with Crippen LogP contribution in [0.25, 0.3) is 21.9 Å². The first kappa shape index (κ1) is 15.0. The molecule has 0 fully saturated rings. The Balaban J connectivity index is 0.00000147. The molecule has 0 aromatic heterocycles. The molecule has 0 aliphatic rings. The van der Waals surface area contributed by atoms with Crippen molar-refractivity contribution in [3.8, 4) is 11.1 Å². The largest absolute Gasteiger partial charge is 1.00 e. The van der Waals surface area contributed by atoms with E-state index in [4.69, 9.17) is 0 Å². The van der Waals surface area contributed by atoms with Crippen LogP contribution in [0.3, 0.4) is 0 Å². The molecular formula is C19H19Li. The Kier molecular flexibility index (Phi) is 4.48. The van der Waals surface area contributed by atoms with Gasteiger partial charge in [0.05, 0.1) is 0 Å². The minimum Gasteiger partial charge on any atom is -0.164 e. The van der Waals surface area contributed by atoms with E-state index in [-0.39, 0.29) is 18.9 Å². The minimum atomic E-state index is 0. The maximum absolute atomic E-state index is 2.34. The smallest absolute Gasteiger partial charge is 0.164 e. The van der Waals surface area contributed by atoms with E-state index in [2.05, 4.69) is 69.3 Å². The van der Waals surface area contributed by atoms with Crippen molar-refractivity contribution in [3.05, 3.63) is 65.2 Å². The van der Waals surface area contributed by atoms with Gasteiger partial charge in [-0.1, -0.05) is 47.9 Å². The molecule has 0 nitrogen and oxygen atoms in total. The molecular weight excluding hydrogens is 235 g/mol. The van der Waals surface area contributed by atoms with Gasteiger partial charge in [-0.05, 0) is 25.8 Å². The number of benzene rings is 2. The normalized spacial score (nSPS) is 10.6. The third-order valence-electron chi connectivity index (χ3n) is 3.75. The molecule has 0 heterocycles. The first-order chi connectivity index (χ1) is 9.17. The molecule has 3 rings (SSSR count). The fourth-order valence-electron chi connectivity index (χ4n) is 2.88. The van der Waals surface area contributed by atoms with Gasteiger partial charge in [0.1, 0.15) is 0 Å². The molecule has 0 aliphatic carbocycles. The van der Waals surface area contributed by atoms with Crippen LogP contribution in [0.15, 0.2) is 48.5 Å². The Morgan fingerprint density at radius 1 is 0.950 bits per heavy atom. The van der Waals surface area contributed by atoms with Gasteiger partial charge >= 0.3 is 18.9 Å². The van der Waals surface area contributed by atoms with Crippen molar-refractivity contribution in [2.24, 2.45) is 0 Å². The molecule has 0 spiro atoms. The van der Waals surface area contributed by atoms with Crippen molar-refractivity contribution in [2.75, 3.05) is 0 Å². The zero-order chi connectivity index (χ0) is 13.4. The quantitative estimate of drug-likeness (QED) is 0.486. The molecule has 0 amide bonds. The Hall–Kier alpha value is -1.35. The molecule has 0 atom stereocenters. The van der Waals surface area contributed by atoms with Crippen LogP contribution in [0.2, 0.25) is 0 Å². The van der Waals surface area contributed by atoms with E-state index in [0.29, 0.717) is 0 Å². The molecule has 96 valence electrons. The van der Waals surface area contributed by atoms with Crippen LogP contribution in [0.1, 0.15) is 23.6 Å². The summed E-state index contributed by atoms with van der Waals surface area (Å²) in [4.78, 5) is 0. The van der Waals surface area contributed by atoms with Crippen molar-refractivity contribution >= 4 is 10.8 Å². The van der Waals surface area contributed by atoms with Crippen molar-refractivity contribution in [3.63, 3.8) is 0 Å². The molecule has 0 aliphatic heterocycles. The number of rotatable bonds is 2. The summed E-state index contributed by atoms with van der Waals surface area (Å²) in [5.41, 5.74) is 6.76. The molecule has 20 heavy (non-hydrogen) atoms. The summed E-state index contributed by atoms with van der Waals surface area (Å²) < 4.78 is 0. The molecule has 3 aromatic rings. The Bertz CT molecular complexity index is 714. The van der Waals surface area contributed by atoms with Gasteiger partial charge in [0.25, 0.3) is 0 Å². The number of fused-ring (bicyclic) bond motifs is 1. The van der Waals surface area contributed by atoms with Gasteiger partial charge < -0.3 is 0 Å². The van der Waals surface area contributed by atoms with E-state index in [0.717, 1.165) is 6.42 Å². The SMILES string of the molecule is CCc1cc2c(-c3cc(C)cc(C)c3)cccc2[cH-]1.[Li+]. The van der Waals surface area contributed by atoms with E-state index in [1.165, 1.54) is 38.6 Å². The van der Waals surface area contributed by atoms with Crippen molar-refractivity contribution in [1.82, 2.24) is 0 Å². The Morgan fingerprint density at radius 3 is 2.30 bits per heavy atom. The molecule has 0 saturated carbocycles. The zero-order valence-electron chi connectivity index (χ0n) is 12.8. The van der Waals surface area contributed by atoms with Gasteiger partial charge in [0, 0.05) is 0 Å². The Morgan fingerprint density at radius 2 is 1.65 bits per heavy atom. The van der Waals surface area contributed by atoms with Gasteiger partial charge in [-0.15, -0.1) is 34.5 Å². The summed E-state index contributed by atoms with van der Waals surface area (Å²) in [6.07, 6.45) is 1.10. The topological polar surface area (TPSA) is 0 Å². The number of aryl methyl sites for hydroxylation is 3. The summed E-state index contributed by atoms with van der Waals surface area (Å²) in [6, 6.07) is 18.0. The monoisotopic (exact) mass is 254 g/mol. The predicted octanol–water partition coefficient (Wildman–Crippen LogP) is 2.41. The summed E-state index contributed by atoms with van der Waals surface area (Å²) >= 11 is 0. The fourth-order valence-corrected chi connectivity index (χ4v) is 2.88. The third kappa shape index (κ3) is 2.73. The van der Waals surface area contributed by atoms with E-state index in [9.17, 15) is 0 Å². The molecule has 3 aromatic carbocycles. The third-order valence-corrected chi connectivity index (χ3v) is 3.75. The van der Waals surface area contributed by atoms with E-state index in [1.54, 1.807) is 0 Å². The predicted molar refractivity (Wildman–Crippen MR) is 83.8 cm³/mol. The van der Waals surface area contributed by atoms with Crippen molar-refractivity contribution in [2.45, 2.75) is 27.2 Å². The zero-order valence-corrected chi connectivity index (χ0v) is 12.8. The van der Waals surface area contributed by atoms with Crippen LogP contribution >= 0.6 is 0 Å². The Labute approximate surface area is 133 Å². The molecule has 0 N–H and O–H groups in total. The van der Waals surface area contributed by atoms with Gasteiger partial charge in [0.2, 0.25) is 0 Å². The second-order valence-electron chi connectivity index (χ2n) is 5.40. The van der Waals surface area contributed by atoms with E-state index in [1.807, 2.05) is 0 Å². The van der Waals surface area contributed by atoms with E-state index >= 15 is 0 Å². The van der Waals surface area contributed by atoms with Crippen LogP contribution in [0.5, 0.6) is 0 Å². The fraction of sp³-hybridized carbons (Fsp3) is 0.211. The van der Waals surface area contributed by atoms with Gasteiger partial charge in [-0.2, -0.15) is 6.07 Å². The average Bonchev–Trinajstić information content (AvgIpc) is 2.80. The van der Waals surface area contributed by atoms with Crippen LogP contribution in [-0.4, -0.2) is 0 Å². The van der Waals surface area contributed by atoms with Crippen molar-refractivity contribution in [1.29, 1.82) is 0 Å². The maximum atomic E-state index is 2.34. The maximum Gasteiger partial charge on any atom is 1.00 e. The second-order valence-corrected chi connectivity index (χ2v) is 5.40. The molecule has 0 radical (unpaired) electrons. The minimum absolute atomic E-state index is 0. The first-order valence-electron chi connectivity index (χ1n) is 6.94. The average molecular weight is 254 g/mol. The van der Waals surface area contributed by atoms with Crippen LogP contribution in [0, 0.1) is 13.8 Å². The van der Waals surface area contributed by atoms with Crippen LogP contribution in [0.4, 0.5) is 0 Å². The van der Waals surface area contributed by atoms with Gasteiger partial charge in [0.15, 0.2) is 0 Å². The molecule has 0 saturated heterocycles. The van der Waals surface area contributed by atoms with Gasteiger partial charge in [-0.3, -0.25) is 0 Å². The first-order valence-corrected chi connectivity index (χ1v) is 6.94. The summed E-state index contributed by atoms with van der Waals surface area (Å²) in [6.45, 7) is 6.54. The summed E-state index contributed by atoms with van der Waals surface area (Å²) in [5.74, 6) is 0. The molecule has 0 bridgehead atoms. The molecule has 1 heteroatoms. The number of hydrogen-bond donors (Lipinski definition) is 0. The van der Waals surface area contributed by atoms with Gasteiger partial charge in [-0.25, -0.2) is 0 Å².